The normalized spacial score (nSPS) is 19.3. The molecular weight excluding hydrogens is 447 g/mol. The van der Waals surface area contributed by atoms with Gasteiger partial charge in [0, 0.05) is 66.6 Å². The van der Waals surface area contributed by atoms with E-state index in [2.05, 4.69) is 15.0 Å². The van der Waals surface area contributed by atoms with Crippen molar-refractivity contribution in [2.75, 3.05) is 13.7 Å². The van der Waals surface area contributed by atoms with Crippen molar-refractivity contribution in [3.05, 3.63) is 74.9 Å². The van der Waals surface area contributed by atoms with Gasteiger partial charge >= 0.3 is 0 Å². The molecule has 2 N–H and O–H groups in total. The van der Waals surface area contributed by atoms with Gasteiger partial charge in [0.15, 0.2) is 17.3 Å². The summed E-state index contributed by atoms with van der Waals surface area (Å²) in [5, 5.41) is 0. The first-order valence-corrected chi connectivity index (χ1v) is 10.8. The molecule has 1 fully saturated rings. The maximum absolute atomic E-state index is 14.8. The van der Waals surface area contributed by atoms with Crippen molar-refractivity contribution in [2.45, 2.75) is 38.7 Å². The third kappa shape index (κ3) is 4.21. The van der Waals surface area contributed by atoms with Gasteiger partial charge in [0.05, 0.1) is 11.8 Å². The number of hydrogen-bond acceptors (Lipinski definition) is 6. The van der Waals surface area contributed by atoms with Crippen molar-refractivity contribution in [3.63, 3.8) is 0 Å². The van der Waals surface area contributed by atoms with E-state index >= 15 is 0 Å². The number of fused-ring (bicyclic) bond motifs is 1. The van der Waals surface area contributed by atoms with Crippen molar-refractivity contribution >= 4 is 11.9 Å². The average molecular weight is 471 g/mol. The predicted octanol–water partition coefficient (Wildman–Crippen LogP) is 3.60. The SMILES string of the molecule is CN=C/C(=C\N)C1CC(c2cn3c(=O)c(C)c(C)nc3c(-c3cc(F)c(F)cc3F)n2)CCO1. The van der Waals surface area contributed by atoms with Crippen LogP contribution in [0.5, 0.6) is 0 Å². The fraction of sp³-hybridized carbons (Fsp3) is 0.333. The number of nitrogens with zero attached hydrogens (tertiary/aromatic N) is 4. The summed E-state index contributed by atoms with van der Waals surface area (Å²) < 4.78 is 49.6. The Morgan fingerprint density at radius 1 is 1.21 bits per heavy atom. The summed E-state index contributed by atoms with van der Waals surface area (Å²) in [4.78, 5) is 26.1. The summed E-state index contributed by atoms with van der Waals surface area (Å²) in [6.07, 6.45) is 5.34. The Balaban J connectivity index is 1.93. The number of ether oxygens (including phenoxy) is 1. The molecule has 34 heavy (non-hydrogen) atoms. The van der Waals surface area contributed by atoms with E-state index in [1.165, 1.54) is 10.6 Å². The van der Waals surface area contributed by atoms with Crippen LogP contribution in [0.2, 0.25) is 0 Å². The molecule has 0 bridgehead atoms. The van der Waals surface area contributed by atoms with E-state index in [1.54, 1.807) is 33.3 Å². The van der Waals surface area contributed by atoms with Crippen LogP contribution in [0.15, 0.2) is 39.9 Å². The van der Waals surface area contributed by atoms with Crippen LogP contribution in [0, 0.1) is 31.3 Å². The predicted molar refractivity (Wildman–Crippen MR) is 122 cm³/mol. The highest BCUT2D eigenvalue weighted by atomic mass is 19.2. The monoisotopic (exact) mass is 471 g/mol. The van der Waals surface area contributed by atoms with Gasteiger partial charge in [-0.3, -0.25) is 14.2 Å². The lowest BCUT2D eigenvalue weighted by Crippen LogP contribution is -2.29. The molecule has 1 saturated heterocycles. The summed E-state index contributed by atoms with van der Waals surface area (Å²) in [7, 11) is 1.63. The van der Waals surface area contributed by atoms with Crippen LogP contribution in [-0.2, 0) is 4.74 Å². The van der Waals surface area contributed by atoms with Gasteiger partial charge in [-0.15, -0.1) is 0 Å². The van der Waals surface area contributed by atoms with Crippen molar-refractivity contribution in [1.82, 2.24) is 14.4 Å². The number of benzene rings is 1. The van der Waals surface area contributed by atoms with Gasteiger partial charge < -0.3 is 10.5 Å². The van der Waals surface area contributed by atoms with E-state index in [-0.39, 0.29) is 34.5 Å². The summed E-state index contributed by atoms with van der Waals surface area (Å²) in [5.41, 5.74) is 7.16. The highest BCUT2D eigenvalue weighted by Gasteiger charge is 2.29. The third-order valence-corrected chi connectivity index (χ3v) is 6.11. The molecule has 4 rings (SSSR count). The molecule has 1 aliphatic rings. The van der Waals surface area contributed by atoms with E-state index in [9.17, 15) is 18.0 Å². The molecule has 1 aliphatic heterocycles. The molecule has 2 atom stereocenters. The van der Waals surface area contributed by atoms with Crippen LogP contribution in [0.3, 0.4) is 0 Å². The molecule has 0 saturated carbocycles. The lowest BCUT2D eigenvalue weighted by atomic mass is 9.89. The Morgan fingerprint density at radius 2 is 1.94 bits per heavy atom. The first-order chi connectivity index (χ1) is 16.2. The van der Waals surface area contributed by atoms with Gasteiger partial charge in [0.25, 0.3) is 5.56 Å². The number of aryl methyl sites for hydroxylation is 1. The smallest absolute Gasteiger partial charge is 0.261 e. The molecule has 0 radical (unpaired) electrons. The quantitative estimate of drug-likeness (QED) is 0.464. The highest BCUT2D eigenvalue weighted by Crippen LogP contribution is 2.34. The zero-order valence-electron chi connectivity index (χ0n) is 19.0. The van der Waals surface area contributed by atoms with Crippen LogP contribution in [0.4, 0.5) is 13.2 Å². The minimum Gasteiger partial charge on any atom is -0.404 e. The Bertz CT molecular complexity index is 1380. The van der Waals surface area contributed by atoms with E-state index in [0.29, 0.717) is 48.0 Å². The van der Waals surface area contributed by atoms with Gasteiger partial charge in [0.2, 0.25) is 0 Å². The van der Waals surface area contributed by atoms with Gasteiger partial charge in [-0.2, -0.15) is 0 Å². The van der Waals surface area contributed by atoms with Crippen molar-refractivity contribution in [1.29, 1.82) is 0 Å². The Hall–Kier alpha value is -3.53. The number of hydrogen-bond donors (Lipinski definition) is 1. The van der Waals surface area contributed by atoms with E-state index in [1.807, 2.05) is 0 Å². The number of aromatic nitrogens is 3. The molecule has 0 aliphatic carbocycles. The maximum Gasteiger partial charge on any atom is 0.261 e. The minimum absolute atomic E-state index is 0.0400. The maximum atomic E-state index is 14.8. The van der Waals surface area contributed by atoms with E-state index in [0.717, 1.165) is 6.07 Å². The zero-order chi connectivity index (χ0) is 24.6. The summed E-state index contributed by atoms with van der Waals surface area (Å²) >= 11 is 0. The topological polar surface area (TPSA) is 94.9 Å². The molecule has 7 nitrogen and oxygen atoms in total. The second kappa shape index (κ2) is 9.38. The molecule has 2 unspecified atom stereocenters. The largest absolute Gasteiger partial charge is 0.404 e. The molecule has 3 aromatic rings. The summed E-state index contributed by atoms with van der Waals surface area (Å²) in [6.45, 7) is 3.69. The lowest BCUT2D eigenvalue weighted by molar-refractivity contribution is 0.0320. The van der Waals surface area contributed by atoms with Crippen LogP contribution in [0.1, 0.15) is 35.7 Å². The highest BCUT2D eigenvalue weighted by molar-refractivity contribution is 5.79. The van der Waals surface area contributed by atoms with E-state index in [4.69, 9.17) is 10.5 Å². The Kier molecular flexibility index (Phi) is 6.52. The zero-order valence-corrected chi connectivity index (χ0v) is 19.0. The number of nitrogens with two attached hydrogens (primary N) is 1. The summed E-state index contributed by atoms with van der Waals surface area (Å²) in [6, 6.07) is 1.19. The number of aliphatic imine (C=N–C) groups is 1. The average Bonchev–Trinajstić information content (AvgIpc) is 2.83. The lowest BCUT2D eigenvalue weighted by Gasteiger charge is -2.30. The minimum atomic E-state index is -1.31. The van der Waals surface area contributed by atoms with Crippen LogP contribution < -0.4 is 11.3 Å². The summed E-state index contributed by atoms with van der Waals surface area (Å²) in [5.74, 6) is -3.72. The fourth-order valence-corrected chi connectivity index (χ4v) is 4.12. The molecule has 3 heterocycles. The van der Waals surface area contributed by atoms with Crippen molar-refractivity contribution < 1.29 is 17.9 Å². The first kappa shape index (κ1) is 23.6. The van der Waals surface area contributed by atoms with Gasteiger partial charge in [-0.25, -0.2) is 23.1 Å². The molecule has 178 valence electrons. The third-order valence-electron chi connectivity index (χ3n) is 6.11. The molecule has 2 aromatic heterocycles. The Morgan fingerprint density at radius 3 is 2.65 bits per heavy atom. The Labute approximate surface area is 193 Å². The number of halogens is 3. The van der Waals surface area contributed by atoms with Crippen molar-refractivity contribution in [2.24, 2.45) is 10.7 Å². The van der Waals surface area contributed by atoms with Crippen LogP contribution in [-0.4, -0.2) is 40.3 Å². The fourth-order valence-electron chi connectivity index (χ4n) is 4.12. The second-order valence-corrected chi connectivity index (χ2v) is 8.22. The molecule has 10 heteroatoms. The van der Waals surface area contributed by atoms with Crippen LogP contribution in [0.25, 0.3) is 16.9 Å². The second-order valence-electron chi connectivity index (χ2n) is 8.22. The van der Waals surface area contributed by atoms with Crippen LogP contribution >= 0.6 is 0 Å². The molecule has 0 amide bonds. The van der Waals surface area contributed by atoms with E-state index < -0.39 is 17.5 Å². The van der Waals surface area contributed by atoms with Gasteiger partial charge in [-0.1, -0.05) is 0 Å². The molecule has 0 spiro atoms. The standard InChI is InChI=1S/C24H24F3N5O2/c1-12-13(2)30-23-22(16-7-18(26)19(27)8-17(16)25)31-20(11-32(23)24(12)33)14-4-5-34-21(6-14)15(9-28)10-29-3/h7-11,14,21H,4-6,28H2,1-3H3/b15-9+,29-10?. The molecular formula is C24H24F3N5O2. The number of rotatable bonds is 4. The first-order valence-electron chi connectivity index (χ1n) is 10.8. The molecule has 1 aromatic carbocycles. The van der Waals surface area contributed by atoms with Crippen molar-refractivity contribution in [3.8, 4) is 11.3 Å². The van der Waals surface area contributed by atoms with Gasteiger partial charge in [-0.05, 0) is 32.8 Å². The van der Waals surface area contributed by atoms with Gasteiger partial charge in [0.1, 0.15) is 11.5 Å².